The molecule has 1 heteroatoms. The van der Waals surface area contributed by atoms with Gasteiger partial charge in [-0.15, -0.1) is 0 Å². The van der Waals surface area contributed by atoms with Gasteiger partial charge >= 0.3 is 0 Å². The van der Waals surface area contributed by atoms with Gasteiger partial charge in [0, 0.05) is 17.7 Å². The Morgan fingerprint density at radius 1 is 0.562 bits per heavy atom. The Balaban J connectivity index is 1.86. The highest BCUT2D eigenvalue weighted by atomic mass is 14.9. The largest absolute Gasteiger partial charge is 0.381 e. The first-order valence-electron chi connectivity index (χ1n) is 11.7. The van der Waals surface area contributed by atoms with Crippen molar-refractivity contribution in [2.75, 3.05) is 0 Å². The maximum Gasteiger partial charge on any atom is 0.0372 e. The van der Waals surface area contributed by atoms with Gasteiger partial charge in [-0.25, -0.2) is 0 Å². The fraction of sp³-hybridized carbons (Fsp3) is 0.226. The lowest BCUT2D eigenvalue weighted by atomic mass is 9.79. The van der Waals surface area contributed by atoms with Gasteiger partial charge in [0.25, 0.3) is 0 Å². The van der Waals surface area contributed by atoms with E-state index in [2.05, 4.69) is 122 Å². The maximum absolute atomic E-state index is 3.92. The molecule has 3 aliphatic carbocycles. The van der Waals surface area contributed by atoms with Crippen molar-refractivity contribution in [2.24, 2.45) is 5.92 Å². The first-order chi connectivity index (χ1) is 15.8. The van der Waals surface area contributed by atoms with Crippen molar-refractivity contribution in [1.82, 2.24) is 5.32 Å². The van der Waals surface area contributed by atoms with Crippen LogP contribution in [0, 0.1) is 5.92 Å². The normalized spacial score (nSPS) is 32.0. The standard InChI is InChI=1S/C31H35N/c1-27-21-15-11-7-5-6-10-14-18-25-30(27)32-31-26-20-19-24-29(31)28-22-16-12-8-3-2-4-9-13-17-23-28/h2-18,21-23,25,29,31-32H,19-20,24,26H2,1H3/b3-2-,4-2?,6-5-,7-5?,8-3?,9-4-,10-6?,11-7-,12-8-,13-9?,14-10-,15-11?,16-12?,17-13-,18-14?,21-15?,22-16?,23-17?,25-18-,27-21?,28-22?,28-23?,30-25?,30-27?. The van der Waals surface area contributed by atoms with E-state index in [4.69, 9.17) is 0 Å². The smallest absolute Gasteiger partial charge is 0.0372 e. The van der Waals surface area contributed by atoms with E-state index >= 15 is 0 Å². The molecule has 1 N–H and O–H groups in total. The summed E-state index contributed by atoms with van der Waals surface area (Å²) in [6.07, 6.45) is 49.3. The Labute approximate surface area is 194 Å². The Kier molecular flexibility index (Phi) is 10.1. The average molecular weight is 422 g/mol. The third-order valence-corrected chi connectivity index (χ3v) is 5.81. The summed E-state index contributed by atoms with van der Waals surface area (Å²) in [5.74, 6) is 0.484. The van der Waals surface area contributed by atoms with Gasteiger partial charge in [0.15, 0.2) is 0 Å². The molecule has 32 heavy (non-hydrogen) atoms. The van der Waals surface area contributed by atoms with E-state index in [1.165, 1.54) is 42.5 Å². The molecular formula is C31H35N. The van der Waals surface area contributed by atoms with Gasteiger partial charge < -0.3 is 5.32 Å². The summed E-state index contributed by atoms with van der Waals surface area (Å²) in [6.45, 7) is 2.18. The average Bonchev–Trinajstić information content (AvgIpc) is 2.79. The van der Waals surface area contributed by atoms with Crippen LogP contribution in [0.15, 0.2) is 144 Å². The zero-order chi connectivity index (χ0) is 22.3. The van der Waals surface area contributed by atoms with Gasteiger partial charge in [0.2, 0.25) is 0 Å². The van der Waals surface area contributed by atoms with E-state index in [1.54, 1.807) is 0 Å². The number of hydrogen-bond acceptors (Lipinski definition) is 1. The zero-order valence-corrected chi connectivity index (χ0v) is 19.1. The summed E-state index contributed by atoms with van der Waals surface area (Å²) in [4.78, 5) is 0. The summed E-state index contributed by atoms with van der Waals surface area (Å²) >= 11 is 0. The lowest BCUT2D eigenvalue weighted by molar-refractivity contribution is 0.317. The van der Waals surface area contributed by atoms with Crippen LogP contribution in [0.25, 0.3) is 0 Å². The molecule has 0 spiro atoms. The number of hydrogen-bond donors (Lipinski definition) is 1. The maximum atomic E-state index is 3.92. The molecule has 2 unspecified atom stereocenters. The molecule has 0 radical (unpaired) electrons. The Morgan fingerprint density at radius 3 is 1.72 bits per heavy atom. The van der Waals surface area contributed by atoms with E-state index in [-0.39, 0.29) is 0 Å². The quantitative estimate of drug-likeness (QED) is 0.488. The second-order valence-corrected chi connectivity index (χ2v) is 8.18. The molecule has 0 bridgehead atoms. The van der Waals surface area contributed by atoms with Crippen molar-refractivity contribution < 1.29 is 0 Å². The molecule has 0 amide bonds. The molecule has 0 saturated heterocycles. The molecule has 0 aromatic carbocycles. The van der Waals surface area contributed by atoms with Crippen LogP contribution in [-0.2, 0) is 0 Å². The monoisotopic (exact) mass is 421 g/mol. The van der Waals surface area contributed by atoms with E-state index in [1.807, 2.05) is 18.2 Å². The number of nitrogens with one attached hydrogen (secondary N) is 1. The fourth-order valence-corrected chi connectivity index (χ4v) is 4.11. The molecule has 0 aromatic heterocycles. The predicted molar refractivity (Wildman–Crippen MR) is 141 cm³/mol. The fourth-order valence-electron chi connectivity index (χ4n) is 4.11. The van der Waals surface area contributed by atoms with Gasteiger partial charge in [-0.1, -0.05) is 134 Å². The van der Waals surface area contributed by atoms with Gasteiger partial charge in [-0.05, 0) is 37.0 Å². The lowest BCUT2D eigenvalue weighted by Crippen LogP contribution is -2.38. The Morgan fingerprint density at radius 2 is 1.06 bits per heavy atom. The van der Waals surface area contributed by atoms with Gasteiger partial charge in [0.1, 0.15) is 0 Å². The third-order valence-electron chi connectivity index (χ3n) is 5.81. The summed E-state index contributed by atoms with van der Waals surface area (Å²) < 4.78 is 0. The SMILES string of the molecule is CC1=C(NC2CCCCC2C2=C\C=C/C=C\C=C/C=C\C=C2)\C=C/C=C\C=C/C=C\C=C1. The molecule has 3 aliphatic rings. The Hall–Kier alpha value is -3.32. The number of rotatable bonds is 3. The predicted octanol–water partition coefficient (Wildman–Crippen LogP) is 7.92. The minimum absolute atomic E-state index is 0.413. The van der Waals surface area contributed by atoms with Gasteiger partial charge in [-0.2, -0.15) is 0 Å². The molecular weight excluding hydrogens is 386 g/mol. The second kappa shape index (κ2) is 13.9. The van der Waals surface area contributed by atoms with Crippen LogP contribution in [-0.4, -0.2) is 6.04 Å². The van der Waals surface area contributed by atoms with Crippen LogP contribution in [0.1, 0.15) is 32.6 Å². The highest BCUT2D eigenvalue weighted by molar-refractivity contribution is 5.37. The first-order valence-corrected chi connectivity index (χ1v) is 11.7. The zero-order valence-electron chi connectivity index (χ0n) is 19.1. The van der Waals surface area contributed by atoms with Crippen LogP contribution in [0.4, 0.5) is 0 Å². The third kappa shape index (κ3) is 8.07. The molecule has 1 saturated carbocycles. The summed E-state index contributed by atoms with van der Waals surface area (Å²) in [7, 11) is 0. The molecule has 164 valence electrons. The van der Waals surface area contributed by atoms with E-state index < -0.39 is 0 Å². The van der Waals surface area contributed by atoms with Crippen molar-refractivity contribution in [3.63, 3.8) is 0 Å². The molecule has 1 nitrogen and oxygen atoms in total. The van der Waals surface area contributed by atoms with Crippen LogP contribution < -0.4 is 5.32 Å². The Bertz CT molecular complexity index is 964. The van der Waals surface area contributed by atoms with Crippen molar-refractivity contribution in [1.29, 1.82) is 0 Å². The molecule has 0 aromatic rings. The molecule has 0 aliphatic heterocycles. The molecule has 1 fully saturated rings. The summed E-state index contributed by atoms with van der Waals surface area (Å²) in [5.41, 5.74) is 3.83. The number of allylic oxidation sites excluding steroid dienone is 22. The minimum Gasteiger partial charge on any atom is -0.381 e. The van der Waals surface area contributed by atoms with Gasteiger partial charge in [0.05, 0.1) is 0 Å². The highest BCUT2D eigenvalue weighted by Gasteiger charge is 2.27. The first kappa shape index (κ1) is 23.3. The summed E-state index contributed by atoms with van der Waals surface area (Å²) in [6, 6.07) is 0.413. The van der Waals surface area contributed by atoms with Crippen molar-refractivity contribution >= 4 is 0 Å². The minimum atomic E-state index is 0.413. The van der Waals surface area contributed by atoms with E-state index in [9.17, 15) is 0 Å². The topological polar surface area (TPSA) is 12.0 Å². The van der Waals surface area contributed by atoms with Gasteiger partial charge in [-0.3, -0.25) is 0 Å². The molecule has 0 heterocycles. The van der Waals surface area contributed by atoms with Crippen LogP contribution in [0.3, 0.4) is 0 Å². The van der Waals surface area contributed by atoms with Crippen molar-refractivity contribution in [3.05, 3.63) is 144 Å². The molecule has 2 atom stereocenters. The van der Waals surface area contributed by atoms with Crippen LogP contribution in [0.5, 0.6) is 0 Å². The van der Waals surface area contributed by atoms with Crippen molar-refractivity contribution in [2.45, 2.75) is 38.6 Å². The van der Waals surface area contributed by atoms with E-state index in [0.29, 0.717) is 12.0 Å². The van der Waals surface area contributed by atoms with Crippen LogP contribution >= 0.6 is 0 Å². The van der Waals surface area contributed by atoms with E-state index in [0.717, 1.165) is 0 Å². The highest BCUT2D eigenvalue weighted by Crippen LogP contribution is 2.32. The second-order valence-electron chi connectivity index (χ2n) is 8.18. The van der Waals surface area contributed by atoms with Crippen molar-refractivity contribution in [3.8, 4) is 0 Å². The summed E-state index contributed by atoms with van der Waals surface area (Å²) in [5, 5.41) is 3.92. The lowest BCUT2D eigenvalue weighted by Gasteiger charge is -2.34. The molecule has 3 rings (SSSR count). The van der Waals surface area contributed by atoms with Crippen LogP contribution in [0.2, 0.25) is 0 Å².